The molecule has 118 valence electrons. The minimum Gasteiger partial charge on any atom is -0.340 e. The first-order chi connectivity index (χ1) is 9.52. The van der Waals surface area contributed by atoms with Crippen LogP contribution < -0.4 is 11.1 Å². The van der Waals surface area contributed by atoms with Crippen LogP contribution in [0.15, 0.2) is 15.9 Å². The van der Waals surface area contributed by atoms with E-state index >= 15 is 0 Å². The van der Waals surface area contributed by atoms with E-state index in [-0.39, 0.29) is 30.3 Å². The lowest BCUT2D eigenvalue weighted by Gasteiger charge is -2.26. The van der Waals surface area contributed by atoms with Gasteiger partial charge in [0.2, 0.25) is 5.91 Å². The summed E-state index contributed by atoms with van der Waals surface area (Å²) in [6.07, 6.45) is 1.92. The lowest BCUT2D eigenvalue weighted by molar-refractivity contribution is -0.133. The van der Waals surface area contributed by atoms with Crippen molar-refractivity contribution in [2.45, 2.75) is 31.8 Å². The Bertz CT molecular complexity index is 511. The van der Waals surface area contributed by atoms with Crippen molar-refractivity contribution < 1.29 is 9.59 Å². The van der Waals surface area contributed by atoms with Crippen LogP contribution in [0.3, 0.4) is 0 Å². The zero-order chi connectivity index (χ0) is 14.7. The molecule has 1 aromatic heterocycles. The van der Waals surface area contributed by atoms with E-state index in [1.54, 1.807) is 17.9 Å². The van der Waals surface area contributed by atoms with Crippen LogP contribution >= 0.6 is 39.7 Å². The number of halogens is 2. The predicted octanol–water partition coefficient (Wildman–Crippen LogP) is 2.00. The van der Waals surface area contributed by atoms with Crippen LogP contribution in [-0.4, -0.2) is 41.9 Å². The number of carbonyl (C=O) groups is 2. The Morgan fingerprint density at radius 1 is 1.57 bits per heavy atom. The highest BCUT2D eigenvalue weighted by molar-refractivity contribution is 9.11. The van der Waals surface area contributed by atoms with Gasteiger partial charge in [-0.05, 0) is 47.8 Å². The number of likely N-dealkylation sites (tertiary alicyclic amines) is 1. The van der Waals surface area contributed by atoms with Crippen LogP contribution in [0.5, 0.6) is 0 Å². The molecular weight excluding hydrogens is 378 g/mol. The molecule has 0 aromatic carbocycles. The molecule has 8 heteroatoms. The van der Waals surface area contributed by atoms with Gasteiger partial charge in [0.25, 0.3) is 5.91 Å². The van der Waals surface area contributed by atoms with Gasteiger partial charge in [0, 0.05) is 19.1 Å². The van der Waals surface area contributed by atoms with Gasteiger partial charge < -0.3 is 16.0 Å². The van der Waals surface area contributed by atoms with Crippen molar-refractivity contribution in [3.8, 4) is 0 Å². The van der Waals surface area contributed by atoms with E-state index < -0.39 is 6.04 Å². The highest BCUT2D eigenvalue weighted by Gasteiger charge is 2.31. The Labute approximate surface area is 142 Å². The molecule has 2 unspecified atom stereocenters. The lowest BCUT2D eigenvalue weighted by atomic mass is 10.2. The summed E-state index contributed by atoms with van der Waals surface area (Å²) in [5.74, 6) is -0.271. The summed E-state index contributed by atoms with van der Waals surface area (Å²) in [7, 11) is 0. The smallest absolute Gasteiger partial charge is 0.262 e. The number of rotatable bonds is 4. The molecule has 1 aliphatic heterocycles. The SMILES string of the molecule is CC(NC(=O)c1ccc(Br)s1)C(=O)N1CCCC1CN.Cl. The van der Waals surface area contributed by atoms with Crippen molar-refractivity contribution >= 4 is 51.5 Å². The van der Waals surface area contributed by atoms with E-state index in [0.29, 0.717) is 11.4 Å². The number of amides is 2. The first-order valence-electron chi connectivity index (χ1n) is 6.59. The van der Waals surface area contributed by atoms with E-state index in [1.165, 1.54) is 11.3 Å². The molecule has 1 aromatic rings. The summed E-state index contributed by atoms with van der Waals surface area (Å²) in [6, 6.07) is 3.13. The molecule has 2 heterocycles. The Hall–Kier alpha value is -0.630. The zero-order valence-corrected chi connectivity index (χ0v) is 14.9. The average Bonchev–Trinajstić information content (AvgIpc) is 3.05. The second-order valence-electron chi connectivity index (χ2n) is 4.86. The second kappa shape index (κ2) is 8.12. The molecule has 2 rings (SSSR count). The number of carbonyl (C=O) groups excluding carboxylic acids is 2. The summed E-state index contributed by atoms with van der Waals surface area (Å²) in [6.45, 7) is 2.92. The zero-order valence-electron chi connectivity index (χ0n) is 11.7. The van der Waals surface area contributed by atoms with Gasteiger partial charge in [-0.1, -0.05) is 0 Å². The van der Waals surface area contributed by atoms with Gasteiger partial charge in [0.15, 0.2) is 0 Å². The van der Waals surface area contributed by atoms with E-state index in [9.17, 15) is 9.59 Å². The normalized spacial score (nSPS) is 19.0. The fourth-order valence-electron chi connectivity index (χ4n) is 2.39. The Kier molecular flexibility index (Phi) is 7.12. The topological polar surface area (TPSA) is 75.4 Å². The third-order valence-corrected chi connectivity index (χ3v) is 5.07. The summed E-state index contributed by atoms with van der Waals surface area (Å²) in [5, 5.41) is 2.75. The first-order valence-corrected chi connectivity index (χ1v) is 8.20. The second-order valence-corrected chi connectivity index (χ2v) is 7.33. The van der Waals surface area contributed by atoms with Crippen molar-refractivity contribution in [3.63, 3.8) is 0 Å². The van der Waals surface area contributed by atoms with E-state index in [4.69, 9.17) is 5.73 Å². The van der Waals surface area contributed by atoms with Crippen molar-refractivity contribution in [2.75, 3.05) is 13.1 Å². The molecule has 0 saturated carbocycles. The van der Waals surface area contributed by atoms with Crippen molar-refractivity contribution in [3.05, 3.63) is 20.8 Å². The van der Waals surface area contributed by atoms with Crippen LogP contribution in [0, 0.1) is 0 Å². The fourth-order valence-corrected chi connectivity index (χ4v) is 3.67. The minimum atomic E-state index is -0.532. The molecule has 0 aliphatic carbocycles. The molecule has 1 saturated heterocycles. The molecule has 0 radical (unpaired) electrons. The van der Waals surface area contributed by atoms with Crippen LogP contribution in [0.2, 0.25) is 0 Å². The third kappa shape index (κ3) is 4.42. The number of hydrogen-bond acceptors (Lipinski definition) is 4. The molecule has 1 aliphatic rings. The van der Waals surface area contributed by atoms with E-state index in [0.717, 1.165) is 23.2 Å². The average molecular weight is 397 g/mol. The molecule has 0 bridgehead atoms. The number of hydrogen-bond donors (Lipinski definition) is 2. The van der Waals surface area contributed by atoms with Gasteiger partial charge in [-0.15, -0.1) is 23.7 Å². The van der Waals surface area contributed by atoms with Crippen LogP contribution in [-0.2, 0) is 4.79 Å². The number of nitrogens with zero attached hydrogens (tertiary/aromatic N) is 1. The first kappa shape index (κ1) is 18.4. The van der Waals surface area contributed by atoms with Gasteiger partial charge in [0.1, 0.15) is 6.04 Å². The highest BCUT2D eigenvalue weighted by atomic mass is 79.9. The maximum atomic E-state index is 12.3. The molecule has 3 N–H and O–H groups in total. The van der Waals surface area contributed by atoms with E-state index in [1.807, 2.05) is 6.07 Å². The van der Waals surface area contributed by atoms with Crippen molar-refractivity contribution in [1.82, 2.24) is 10.2 Å². The molecule has 2 amide bonds. The van der Waals surface area contributed by atoms with Gasteiger partial charge in [-0.2, -0.15) is 0 Å². The Balaban J connectivity index is 0.00000220. The van der Waals surface area contributed by atoms with Crippen LogP contribution in [0.4, 0.5) is 0 Å². The largest absolute Gasteiger partial charge is 0.340 e. The number of nitrogens with one attached hydrogen (secondary N) is 1. The monoisotopic (exact) mass is 395 g/mol. The van der Waals surface area contributed by atoms with Gasteiger partial charge >= 0.3 is 0 Å². The molecule has 21 heavy (non-hydrogen) atoms. The lowest BCUT2D eigenvalue weighted by Crippen LogP contribution is -2.50. The van der Waals surface area contributed by atoms with E-state index in [2.05, 4.69) is 21.2 Å². The Morgan fingerprint density at radius 3 is 2.86 bits per heavy atom. The quantitative estimate of drug-likeness (QED) is 0.817. The Morgan fingerprint density at radius 2 is 2.29 bits per heavy atom. The molecular formula is C13H19BrClN3O2S. The number of thiophene rings is 1. The summed E-state index contributed by atoms with van der Waals surface area (Å²) in [4.78, 5) is 26.7. The molecule has 2 atom stereocenters. The molecule has 0 spiro atoms. The third-order valence-electron chi connectivity index (χ3n) is 3.45. The number of nitrogens with two attached hydrogens (primary N) is 1. The fraction of sp³-hybridized carbons (Fsp3) is 0.538. The standard InChI is InChI=1S/C13H18BrN3O2S.ClH/c1-8(13(19)17-6-2-3-9(17)7-15)16-12(18)10-4-5-11(14)20-10;/h4-5,8-9H,2-3,6-7,15H2,1H3,(H,16,18);1H. The van der Waals surface area contributed by atoms with Crippen LogP contribution in [0.25, 0.3) is 0 Å². The van der Waals surface area contributed by atoms with Gasteiger partial charge in [-0.3, -0.25) is 9.59 Å². The molecule has 5 nitrogen and oxygen atoms in total. The van der Waals surface area contributed by atoms with Gasteiger partial charge in [0.05, 0.1) is 8.66 Å². The maximum Gasteiger partial charge on any atom is 0.262 e. The minimum absolute atomic E-state index is 0. The highest BCUT2D eigenvalue weighted by Crippen LogP contribution is 2.22. The summed E-state index contributed by atoms with van der Waals surface area (Å²) < 4.78 is 0.893. The van der Waals surface area contributed by atoms with Crippen molar-refractivity contribution in [2.24, 2.45) is 5.73 Å². The molecule has 1 fully saturated rings. The predicted molar refractivity (Wildman–Crippen MR) is 90.0 cm³/mol. The summed E-state index contributed by atoms with van der Waals surface area (Å²) >= 11 is 4.66. The van der Waals surface area contributed by atoms with Crippen LogP contribution in [0.1, 0.15) is 29.4 Å². The maximum absolute atomic E-state index is 12.3. The summed E-state index contributed by atoms with van der Waals surface area (Å²) in [5.41, 5.74) is 5.67. The van der Waals surface area contributed by atoms with Gasteiger partial charge in [-0.25, -0.2) is 0 Å². The van der Waals surface area contributed by atoms with Crippen molar-refractivity contribution in [1.29, 1.82) is 0 Å².